The fourth-order valence-electron chi connectivity index (χ4n) is 2.72. The van der Waals surface area contributed by atoms with Gasteiger partial charge in [0, 0.05) is 24.3 Å². The average molecular weight is 268 g/mol. The molecular weight excluding hydrogens is 246 g/mol. The molecule has 0 radical (unpaired) electrons. The van der Waals surface area contributed by atoms with Gasteiger partial charge in [0.05, 0.1) is 0 Å². The van der Waals surface area contributed by atoms with Crippen molar-refractivity contribution in [1.82, 2.24) is 9.97 Å². The van der Waals surface area contributed by atoms with Crippen LogP contribution >= 0.6 is 11.6 Å². The van der Waals surface area contributed by atoms with E-state index in [1.54, 1.807) is 0 Å². The molecule has 0 saturated heterocycles. The number of hydrogen-bond acceptors (Lipinski definition) is 3. The molecule has 0 unspecified atom stereocenters. The quantitative estimate of drug-likeness (QED) is 0.776. The predicted octanol–water partition coefficient (Wildman–Crippen LogP) is 3.84. The van der Waals surface area contributed by atoms with Crippen molar-refractivity contribution in [3.63, 3.8) is 0 Å². The lowest BCUT2D eigenvalue weighted by molar-refractivity contribution is 0.530. The summed E-state index contributed by atoms with van der Waals surface area (Å²) >= 11 is 5.96. The van der Waals surface area contributed by atoms with Crippen LogP contribution in [0.3, 0.4) is 0 Å². The fraction of sp³-hybridized carbons (Fsp3) is 0.714. The highest BCUT2D eigenvalue weighted by molar-refractivity contribution is 6.28. The Bertz CT molecular complexity index is 400. The summed E-state index contributed by atoms with van der Waals surface area (Å²) in [6, 6.07) is 0.622. The van der Waals surface area contributed by atoms with Crippen LogP contribution in [-0.2, 0) is 0 Å². The molecule has 0 aliphatic heterocycles. The zero-order valence-corrected chi connectivity index (χ0v) is 12.2. The molecule has 100 valence electrons. The number of anilines is 1. The maximum absolute atomic E-state index is 5.96. The van der Waals surface area contributed by atoms with Gasteiger partial charge < -0.3 is 4.90 Å². The van der Waals surface area contributed by atoms with Gasteiger partial charge in [-0.1, -0.05) is 26.7 Å². The van der Waals surface area contributed by atoms with Crippen molar-refractivity contribution >= 4 is 17.4 Å². The maximum Gasteiger partial charge on any atom is 0.224 e. The van der Waals surface area contributed by atoms with Gasteiger partial charge in [-0.3, -0.25) is 0 Å². The standard InChI is InChI=1S/C14H22ClN3/c1-10(2)9-18(12-6-4-5-7-12)13-11(3)8-16-14(15)17-13/h8,10,12H,4-7,9H2,1-3H3. The van der Waals surface area contributed by atoms with E-state index in [0.717, 1.165) is 17.9 Å². The van der Waals surface area contributed by atoms with Crippen molar-refractivity contribution in [2.45, 2.75) is 52.5 Å². The lowest BCUT2D eigenvalue weighted by Gasteiger charge is -2.32. The second-order valence-electron chi connectivity index (χ2n) is 5.63. The van der Waals surface area contributed by atoms with E-state index < -0.39 is 0 Å². The summed E-state index contributed by atoms with van der Waals surface area (Å²) in [5, 5.41) is 0.349. The molecule has 0 aromatic carbocycles. The first-order valence-electron chi connectivity index (χ1n) is 6.83. The molecule has 1 heterocycles. The van der Waals surface area contributed by atoms with Crippen LogP contribution < -0.4 is 4.90 Å². The predicted molar refractivity (Wildman–Crippen MR) is 76.2 cm³/mol. The Kier molecular flexibility index (Phi) is 4.44. The van der Waals surface area contributed by atoms with Crippen molar-refractivity contribution in [3.05, 3.63) is 17.0 Å². The van der Waals surface area contributed by atoms with E-state index in [1.807, 2.05) is 6.20 Å². The van der Waals surface area contributed by atoms with Crippen molar-refractivity contribution in [1.29, 1.82) is 0 Å². The van der Waals surface area contributed by atoms with E-state index in [-0.39, 0.29) is 0 Å². The average Bonchev–Trinajstić information content (AvgIpc) is 2.82. The van der Waals surface area contributed by atoms with Gasteiger partial charge >= 0.3 is 0 Å². The third-order valence-corrected chi connectivity index (χ3v) is 3.70. The molecule has 0 bridgehead atoms. The van der Waals surface area contributed by atoms with E-state index in [1.165, 1.54) is 25.7 Å². The summed E-state index contributed by atoms with van der Waals surface area (Å²) in [5.41, 5.74) is 1.12. The molecule has 18 heavy (non-hydrogen) atoms. The van der Waals surface area contributed by atoms with Gasteiger partial charge in [-0.15, -0.1) is 0 Å². The minimum absolute atomic E-state index is 0.349. The van der Waals surface area contributed by atoms with Crippen LogP contribution in [0.1, 0.15) is 45.1 Å². The second kappa shape index (κ2) is 5.87. The summed E-state index contributed by atoms with van der Waals surface area (Å²) in [5.74, 6) is 1.65. The van der Waals surface area contributed by atoms with Gasteiger partial charge in [0.2, 0.25) is 5.28 Å². The number of aryl methyl sites for hydroxylation is 1. The van der Waals surface area contributed by atoms with Crippen molar-refractivity contribution in [2.24, 2.45) is 5.92 Å². The maximum atomic E-state index is 5.96. The van der Waals surface area contributed by atoms with Crippen LogP contribution in [0.4, 0.5) is 5.82 Å². The SMILES string of the molecule is Cc1cnc(Cl)nc1N(CC(C)C)C1CCCC1. The fourth-order valence-corrected chi connectivity index (χ4v) is 2.85. The van der Waals surface area contributed by atoms with Crippen LogP contribution in [0.25, 0.3) is 0 Å². The van der Waals surface area contributed by atoms with Crippen LogP contribution in [-0.4, -0.2) is 22.6 Å². The van der Waals surface area contributed by atoms with Gasteiger partial charge in [0.15, 0.2) is 0 Å². The van der Waals surface area contributed by atoms with Gasteiger partial charge in [-0.05, 0) is 37.3 Å². The third kappa shape index (κ3) is 3.14. The Hall–Kier alpha value is -0.830. The van der Waals surface area contributed by atoms with Gasteiger partial charge in [-0.25, -0.2) is 9.97 Å². The zero-order chi connectivity index (χ0) is 13.1. The first kappa shape index (κ1) is 13.6. The molecule has 1 aliphatic carbocycles. The Labute approximate surface area is 115 Å². The molecule has 1 aromatic rings. The molecule has 0 amide bonds. The number of hydrogen-bond donors (Lipinski definition) is 0. The molecular formula is C14H22ClN3. The van der Waals surface area contributed by atoms with Gasteiger partial charge in [0.25, 0.3) is 0 Å². The monoisotopic (exact) mass is 267 g/mol. The first-order chi connectivity index (χ1) is 8.58. The molecule has 2 rings (SSSR count). The molecule has 1 fully saturated rings. The van der Waals surface area contributed by atoms with Crippen LogP contribution in [0, 0.1) is 12.8 Å². The summed E-state index contributed by atoms with van der Waals surface area (Å²) in [7, 11) is 0. The summed E-state index contributed by atoms with van der Waals surface area (Å²) < 4.78 is 0. The highest BCUT2D eigenvalue weighted by Gasteiger charge is 2.25. The lowest BCUT2D eigenvalue weighted by atomic mass is 10.1. The van der Waals surface area contributed by atoms with Crippen LogP contribution in [0.2, 0.25) is 5.28 Å². The molecule has 1 saturated carbocycles. The summed E-state index contributed by atoms with van der Waals surface area (Å²) in [4.78, 5) is 11.0. The second-order valence-corrected chi connectivity index (χ2v) is 5.97. The molecule has 0 spiro atoms. The number of aromatic nitrogens is 2. The van der Waals surface area contributed by atoms with Crippen molar-refractivity contribution in [2.75, 3.05) is 11.4 Å². The Morgan fingerprint density at radius 1 is 1.39 bits per heavy atom. The van der Waals surface area contributed by atoms with Gasteiger partial charge in [-0.2, -0.15) is 0 Å². The number of nitrogens with zero attached hydrogens (tertiary/aromatic N) is 3. The smallest absolute Gasteiger partial charge is 0.224 e. The number of rotatable bonds is 4. The van der Waals surface area contributed by atoms with E-state index in [2.05, 4.69) is 35.6 Å². The number of halogens is 1. The van der Waals surface area contributed by atoms with E-state index >= 15 is 0 Å². The first-order valence-corrected chi connectivity index (χ1v) is 7.21. The molecule has 4 heteroatoms. The minimum atomic E-state index is 0.349. The minimum Gasteiger partial charge on any atom is -0.353 e. The highest BCUT2D eigenvalue weighted by Crippen LogP contribution is 2.30. The van der Waals surface area contributed by atoms with Crippen LogP contribution in [0.5, 0.6) is 0 Å². The van der Waals surface area contributed by atoms with E-state index in [9.17, 15) is 0 Å². The van der Waals surface area contributed by atoms with Crippen LogP contribution in [0.15, 0.2) is 6.20 Å². The Morgan fingerprint density at radius 3 is 2.67 bits per heavy atom. The summed E-state index contributed by atoms with van der Waals surface area (Å²) in [6.45, 7) is 7.60. The van der Waals surface area contributed by atoms with E-state index in [0.29, 0.717) is 17.2 Å². The highest BCUT2D eigenvalue weighted by atomic mass is 35.5. The molecule has 0 atom stereocenters. The van der Waals surface area contributed by atoms with Crippen molar-refractivity contribution in [3.8, 4) is 0 Å². The Morgan fingerprint density at radius 2 is 2.06 bits per heavy atom. The normalized spacial score (nSPS) is 16.5. The van der Waals surface area contributed by atoms with Crippen molar-refractivity contribution < 1.29 is 0 Å². The lowest BCUT2D eigenvalue weighted by Crippen LogP contribution is -2.37. The molecule has 1 aliphatic rings. The molecule has 1 aromatic heterocycles. The topological polar surface area (TPSA) is 29.0 Å². The van der Waals surface area contributed by atoms with Gasteiger partial charge in [0.1, 0.15) is 5.82 Å². The zero-order valence-electron chi connectivity index (χ0n) is 11.5. The molecule has 3 nitrogen and oxygen atoms in total. The molecule has 0 N–H and O–H groups in total. The Balaban J connectivity index is 2.29. The third-order valence-electron chi connectivity index (χ3n) is 3.51. The largest absolute Gasteiger partial charge is 0.353 e. The van der Waals surface area contributed by atoms with E-state index in [4.69, 9.17) is 11.6 Å². The summed E-state index contributed by atoms with van der Waals surface area (Å²) in [6.07, 6.45) is 7.03.